The Morgan fingerprint density at radius 3 is 2.42 bits per heavy atom. The van der Waals surface area contributed by atoms with Gasteiger partial charge in [-0.15, -0.1) is 0 Å². The van der Waals surface area contributed by atoms with E-state index in [4.69, 9.17) is 14.6 Å². The number of benzene rings is 2. The third-order valence-electron chi connectivity index (χ3n) is 11.1. The highest BCUT2D eigenvalue weighted by atomic mass is 32.2. The lowest BCUT2D eigenvalue weighted by molar-refractivity contribution is -0.0588. The average Bonchev–Trinajstić information content (AvgIpc) is 3.57. The van der Waals surface area contributed by atoms with Crippen LogP contribution in [0.2, 0.25) is 0 Å². The van der Waals surface area contributed by atoms with Crippen LogP contribution in [-0.4, -0.2) is 77.1 Å². The Hall–Kier alpha value is -4.42. The third kappa shape index (κ3) is 6.80. The molecule has 2 unspecified atom stereocenters. The largest absolute Gasteiger partial charge is 0.497 e. The Kier molecular flexibility index (Phi) is 10.1. The molecule has 2 aromatic heterocycles. The first-order chi connectivity index (χ1) is 25.3. The molecular weight excluding hydrogens is 691 g/mol. The number of hydrogen-bond donors (Lipinski definition) is 1. The number of carbonyl (C=O) groups excluding carboxylic acids is 2. The van der Waals surface area contributed by atoms with E-state index in [1.807, 2.05) is 55.5 Å². The molecule has 2 fully saturated rings. The molecule has 12 heteroatoms. The summed E-state index contributed by atoms with van der Waals surface area (Å²) in [4.78, 5) is 30.0. The number of methoxy groups -OCH3 is 1. The molecule has 0 bridgehead atoms. The van der Waals surface area contributed by atoms with Gasteiger partial charge in [0.2, 0.25) is 10.0 Å². The Morgan fingerprint density at radius 1 is 1.04 bits per heavy atom. The van der Waals surface area contributed by atoms with Crippen LogP contribution < -0.4 is 9.46 Å². The molecule has 4 heterocycles. The minimum atomic E-state index is -3.84. The van der Waals surface area contributed by atoms with Crippen LogP contribution in [0, 0.1) is 6.92 Å². The van der Waals surface area contributed by atoms with E-state index in [9.17, 15) is 18.0 Å². The van der Waals surface area contributed by atoms with Crippen molar-refractivity contribution in [2.24, 2.45) is 0 Å². The van der Waals surface area contributed by atoms with E-state index in [-0.39, 0.29) is 23.7 Å². The lowest BCUT2D eigenvalue weighted by Crippen LogP contribution is -2.48. The van der Waals surface area contributed by atoms with E-state index >= 15 is 0 Å². The maximum Gasteiger partial charge on any atom is 0.272 e. The molecule has 7 rings (SSSR count). The third-order valence-corrected chi connectivity index (χ3v) is 12.8. The fourth-order valence-corrected chi connectivity index (χ4v) is 9.16. The van der Waals surface area contributed by atoms with Crippen molar-refractivity contribution in [2.75, 3.05) is 20.2 Å². The monoisotopic (exact) mass is 741 g/mol. The number of fused-ring (bicyclic) bond motifs is 5. The lowest BCUT2D eigenvalue weighted by Gasteiger charge is -2.35. The summed E-state index contributed by atoms with van der Waals surface area (Å²) in [6, 6.07) is 11.7. The number of aromatic nitrogens is 3. The number of allylic oxidation sites excluding steroid dienone is 1. The molecule has 2 amide bonds. The van der Waals surface area contributed by atoms with Crippen LogP contribution in [0.15, 0.2) is 36.4 Å². The summed E-state index contributed by atoms with van der Waals surface area (Å²) in [5.74, 6) is 0.298. The molecule has 53 heavy (non-hydrogen) atoms. The lowest BCUT2D eigenvalue weighted by atomic mass is 9.81. The van der Waals surface area contributed by atoms with Gasteiger partial charge in [0.15, 0.2) is 0 Å². The molecule has 0 spiro atoms. The highest BCUT2D eigenvalue weighted by Crippen LogP contribution is 2.48. The zero-order chi connectivity index (χ0) is 37.8. The summed E-state index contributed by atoms with van der Waals surface area (Å²) >= 11 is 0. The molecule has 1 aliphatic carbocycles. The Labute approximate surface area is 312 Å². The van der Waals surface area contributed by atoms with Gasteiger partial charge in [-0.1, -0.05) is 25.3 Å². The molecule has 1 N–H and O–H groups in total. The second-order valence-corrected chi connectivity index (χ2v) is 17.4. The van der Waals surface area contributed by atoms with Crippen molar-refractivity contribution in [3.63, 3.8) is 0 Å². The zero-order valence-corrected chi connectivity index (χ0v) is 32.7. The van der Waals surface area contributed by atoms with E-state index in [1.54, 1.807) is 27.0 Å². The van der Waals surface area contributed by atoms with Gasteiger partial charge in [0, 0.05) is 53.8 Å². The van der Waals surface area contributed by atoms with Crippen molar-refractivity contribution < 1.29 is 27.5 Å². The predicted molar refractivity (Wildman–Crippen MR) is 208 cm³/mol. The molecule has 2 atom stereocenters. The summed E-state index contributed by atoms with van der Waals surface area (Å²) in [6.45, 7) is 12.9. The van der Waals surface area contributed by atoms with Gasteiger partial charge in [0.05, 0.1) is 36.0 Å². The number of ether oxygens (including phenoxy) is 2. The van der Waals surface area contributed by atoms with Crippen molar-refractivity contribution in [2.45, 2.75) is 110 Å². The first kappa shape index (κ1) is 36.9. The van der Waals surface area contributed by atoms with E-state index in [0.29, 0.717) is 37.8 Å². The van der Waals surface area contributed by atoms with Crippen molar-refractivity contribution in [3.8, 4) is 17.0 Å². The number of morpholine rings is 1. The van der Waals surface area contributed by atoms with Gasteiger partial charge in [-0.05, 0) is 113 Å². The van der Waals surface area contributed by atoms with E-state index < -0.39 is 21.2 Å². The highest BCUT2D eigenvalue weighted by Gasteiger charge is 2.35. The maximum absolute atomic E-state index is 14.6. The molecule has 1 saturated heterocycles. The number of hydrogen-bond acceptors (Lipinski definition) is 7. The van der Waals surface area contributed by atoms with Gasteiger partial charge in [0.1, 0.15) is 11.4 Å². The van der Waals surface area contributed by atoms with Gasteiger partial charge in [-0.2, -0.15) is 5.10 Å². The van der Waals surface area contributed by atoms with Crippen molar-refractivity contribution in [3.05, 3.63) is 70.0 Å². The van der Waals surface area contributed by atoms with Crippen molar-refractivity contribution in [1.29, 1.82) is 0 Å². The summed E-state index contributed by atoms with van der Waals surface area (Å²) in [6.07, 6.45) is 7.60. The number of aryl methyl sites for hydroxylation is 2. The molecule has 2 aliphatic heterocycles. The minimum absolute atomic E-state index is 0.0775. The number of sulfonamides is 1. The number of nitrogens with zero attached hydrogens (tertiary/aromatic N) is 4. The Balaban J connectivity index is 1.47. The molecule has 4 aromatic rings. The number of carbonyl (C=O) groups is 2. The normalized spacial score (nSPS) is 19.5. The molecule has 3 aliphatic rings. The number of nitrogens with one attached hydrogen (secondary N) is 1. The highest BCUT2D eigenvalue weighted by molar-refractivity contribution is 7.90. The SMILES string of the molecule is CCn1nc(C)c(C2=Cc3cc(OC)ccc3-c3c(C4CCCCC4)c4ccc(C(=O)NS(=O)(=O)C(C)C)cc4n3C2)c1C(=O)N1CC(C)OC(C)C1. The molecule has 11 nitrogen and oxygen atoms in total. The van der Waals surface area contributed by atoms with Gasteiger partial charge < -0.3 is 18.9 Å². The molecule has 1 saturated carbocycles. The Morgan fingerprint density at radius 2 is 1.75 bits per heavy atom. The van der Waals surface area contributed by atoms with Crippen LogP contribution in [0.5, 0.6) is 5.75 Å². The Bertz CT molecular complexity index is 2220. The minimum Gasteiger partial charge on any atom is -0.497 e. The van der Waals surface area contributed by atoms with Crippen molar-refractivity contribution in [1.82, 2.24) is 24.0 Å². The number of rotatable bonds is 8. The van der Waals surface area contributed by atoms with Crippen molar-refractivity contribution >= 4 is 44.4 Å². The first-order valence-corrected chi connectivity index (χ1v) is 20.5. The summed E-state index contributed by atoms with van der Waals surface area (Å²) in [7, 11) is -2.18. The van der Waals surface area contributed by atoms with Crippen LogP contribution in [0.4, 0.5) is 0 Å². The molecule has 0 radical (unpaired) electrons. The van der Waals surface area contributed by atoms with Crippen LogP contribution in [0.1, 0.15) is 116 Å². The van der Waals surface area contributed by atoms with Crippen LogP contribution in [0.25, 0.3) is 33.8 Å². The summed E-state index contributed by atoms with van der Waals surface area (Å²) in [5, 5.41) is 5.20. The molecule has 2 aromatic carbocycles. The molecular formula is C41H51N5O6S. The average molecular weight is 742 g/mol. The van der Waals surface area contributed by atoms with Gasteiger partial charge in [-0.25, -0.2) is 13.1 Å². The van der Waals surface area contributed by atoms with Crippen LogP contribution >= 0.6 is 0 Å². The summed E-state index contributed by atoms with van der Waals surface area (Å²) in [5.41, 5.74) is 8.45. The van der Waals surface area contributed by atoms with E-state index in [2.05, 4.69) is 27.5 Å². The fraction of sp³-hybridized carbons (Fsp3) is 0.488. The first-order valence-electron chi connectivity index (χ1n) is 18.9. The smallest absolute Gasteiger partial charge is 0.272 e. The summed E-state index contributed by atoms with van der Waals surface area (Å²) < 4.78 is 43.6. The second kappa shape index (κ2) is 14.4. The van der Waals surface area contributed by atoms with Gasteiger partial charge in [0.25, 0.3) is 11.8 Å². The standard InChI is InChI=1S/C41H51N5O6S/c1-8-46-39(41(48)44-21-25(4)52-26(5)22-44)36(27(6)42-46)31-18-30-19-32(51-7)15-17-33(30)38-37(28-12-10-9-11-13-28)34-16-14-29(20-35(34)45(38)23-31)40(47)43-53(49,50)24(2)3/h14-20,24-26,28H,8-13,21-23H2,1-7H3,(H,43,47). The van der Waals surface area contributed by atoms with Crippen LogP contribution in [0.3, 0.4) is 0 Å². The van der Waals surface area contributed by atoms with Gasteiger partial charge in [-0.3, -0.25) is 14.3 Å². The fourth-order valence-electron chi connectivity index (χ4n) is 8.55. The quantitative estimate of drug-likeness (QED) is 0.203. The van der Waals surface area contributed by atoms with Crippen LogP contribution in [-0.2, 0) is 27.8 Å². The second-order valence-electron chi connectivity index (χ2n) is 15.2. The topological polar surface area (TPSA) is 125 Å². The predicted octanol–water partition coefficient (Wildman–Crippen LogP) is 7.16. The molecule has 282 valence electrons. The van der Waals surface area contributed by atoms with E-state index in [0.717, 1.165) is 76.0 Å². The maximum atomic E-state index is 14.6. The number of amides is 2. The van der Waals surface area contributed by atoms with E-state index in [1.165, 1.54) is 12.0 Å². The van der Waals surface area contributed by atoms with Gasteiger partial charge >= 0.3 is 0 Å². The zero-order valence-electron chi connectivity index (χ0n) is 31.9.